The lowest BCUT2D eigenvalue weighted by molar-refractivity contribution is 0.954. The molecule has 1 aromatic carbocycles. The van der Waals surface area contributed by atoms with Crippen LogP contribution in [0.15, 0.2) is 18.2 Å². The minimum atomic E-state index is 0.640. The molecule has 4 heteroatoms. The van der Waals surface area contributed by atoms with E-state index in [2.05, 4.69) is 18.0 Å². The number of thiazole rings is 1. The Labute approximate surface area is 110 Å². The Kier molecular flexibility index (Phi) is 3.82. The predicted octanol–water partition coefficient (Wildman–Crippen LogP) is 3.58. The maximum absolute atomic E-state index is 6.14. The van der Waals surface area contributed by atoms with E-state index < -0.39 is 0 Å². The first-order chi connectivity index (χ1) is 8.13. The van der Waals surface area contributed by atoms with Gasteiger partial charge in [-0.05, 0) is 32.0 Å². The summed E-state index contributed by atoms with van der Waals surface area (Å²) in [6, 6.07) is 5.93. The molecular weight excluding hydrogens is 252 g/mol. The molecular formula is C13H15ClN2S. The monoisotopic (exact) mass is 266 g/mol. The number of aryl methyl sites for hydroxylation is 1. The van der Waals surface area contributed by atoms with Crippen molar-refractivity contribution in [1.29, 1.82) is 0 Å². The fourth-order valence-electron chi connectivity index (χ4n) is 1.80. The van der Waals surface area contributed by atoms with Gasteiger partial charge in [-0.2, -0.15) is 0 Å². The molecule has 0 saturated heterocycles. The SMILES string of the molecule is Cc1sc(CCN)nc1-c1cccc(Cl)c1C. The minimum Gasteiger partial charge on any atom is -0.330 e. The molecule has 0 saturated carbocycles. The smallest absolute Gasteiger partial charge is 0.0947 e. The van der Waals surface area contributed by atoms with E-state index in [0.29, 0.717) is 6.54 Å². The van der Waals surface area contributed by atoms with Crippen molar-refractivity contribution in [3.63, 3.8) is 0 Å². The number of nitrogens with zero attached hydrogens (tertiary/aromatic N) is 1. The average Bonchev–Trinajstić information content (AvgIpc) is 2.64. The van der Waals surface area contributed by atoms with Crippen LogP contribution in [0.1, 0.15) is 15.4 Å². The van der Waals surface area contributed by atoms with Crippen LogP contribution >= 0.6 is 22.9 Å². The topological polar surface area (TPSA) is 38.9 Å². The second-order valence-electron chi connectivity index (χ2n) is 3.96. The van der Waals surface area contributed by atoms with Crippen molar-refractivity contribution in [3.8, 4) is 11.3 Å². The molecule has 2 rings (SSSR count). The van der Waals surface area contributed by atoms with Crippen molar-refractivity contribution in [3.05, 3.63) is 38.7 Å². The largest absolute Gasteiger partial charge is 0.330 e. The molecule has 17 heavy (non-hydrogen) atoms. The third-order valence-electron chi connectivity index (χ3n) is 2.72. The predicted molar refractivity (Wildman–Crippen MR) is 74.8 cm³/mol. The standard InChI is InChI=1S/C13H15ClN2S/c1-8-10(4-3-5-11(8)14)13-9(2)17-12(16-13)6-7-15/h3-5H,6-7,15H2,1-2H3. The van der Waals surface area contributed by atoms with Gasteiger partial charge < -0.3 is 5.73 Å². The van der Waals surface area contributed by atoms with Crippen LogP contribution in [-0.4, -0.2) is 11.5 Å². The van der Waals surface area contributed by atoms with E-state index in [-0.39, 0.29) is 0 Å². The van der Waals surface area contributed by atoms with E-state index in [1.807, 2.05) is 19.1 Å². The Morgan fingerprint density at radius 1 is 1.35 bits per heavy atom. The maximum atomic E-state index is 6.14. The molecule has 0 unspecified atom stereocenters. The normalized spacial score (nSPS) is 10.8. The van der Waals surface area contributed by atoms with Gasteiger partial charge in [0.25, 0.3) is 0 Å². The number of aromatic nitrogens is 1. The fourth-order valence-corrected chi connectivity index (χ4v) is 2.93. The van der Waals surface area contributed by atoms with Gasteiger partial charge in [0.05, 0.1) is 10.7 Å². The summed E-state index contributed by atoms with van der Waals surface area (Å²) in [6.45, 7) is 4.76. The van der Waals surface area contributed by atoms with Gasteiger partial charge in [-0.15, -0.1) is 11.3 Å². The maximum Gasteiger partial charge on any atom is 0.0947 e. The lowest BCUT2D eigenvalue weighted by Gasteiger charge is -2.05. The summed E-state index contributed by atoms with van der Waals surface area (Å²) in [5, 5.41) is 1.88. The van der Waals surface area contributed by atoms with Crippen molar-refractivity contribution in [2.75, 3.05) is 6.54 Å². The molecule has 1 aromatic heterocycles. The molecule has 0 aliphatic rings. The first kappa shape index (κ1) is 12.6. The zero-order valence-corrected chi connectivity index (χ0v) is 11.5. The second kappa shape index (κ2) is 5.17. The van der Waals surface area contributed by atoms with Crippen molar-refractivity contribution >= 4 is 22.9 Å². The first-order valence-corrected chi connectivity index (χ1v) is 6.74. The number of rotatable bonds is 3. The summed E-state index contributed by atoms with van der Waals surface area (Å²) < 4.78 is 0. The van der Waals surface area contributed by atoms with Gasteiger partial charge in [0.1, 0.15) is 0 Å². The van der Waals surface area contributed by atoms with Gasteiger partial charge in [0.2, 0.25) is 0 Å². The molecule has 0 amide bonds. The van der Waals surface area contributed by atoms with Gasteiger partial charge >= 0.3 is 0 Å². The first-order valence-electron chi connectivity index (χ1n) is 5.55. The number of halogens is 1. The van der Waals surface area contributed by atoms with Crippen LogP contribution in [0.5, 0.6) is 0 Å². The molecule has 2 N–H and O–H groups in total. The molecule has 0 atom stereocenters. The Bertz CT molecular complexity index is 534. The van der Waals surface area contributed by atoms with Crippen molar-refractivity contribution < 1.29 is 0 Å². The number of benzene rings is 1. The van der Waals surface area contributed by atoms with Crippen LogP contribution in [0.2, 0.25) is 5.02 Å². The number of hydrogen-bond acceptors (Lipinski definition) is 3. The van der Waals surface area contributed by atoms with Crippen LogP contribution in [-0.2, 0) is 6.42 Å². The molecule has 0 bridgehead atoms. The van der Waals surface area contributed by atoms with Crippen LogP contribution in [0.3, 0.4) is 0 Å². The summed E-state index contributed by atoms with van der Waals surface area (Å²) in [5.41, 5.74) is 8.80. The van der Waals surface area contributed by atoms with E-state index >= 15 is 0 Å². The highest BCUT2D eigenvalue weighted by molar-refractivity contribution is 7.12. The molecule has 2 nitrogen and oxygen atoms in total. The minimum absolute atomic E-state index is 0.640. The molecule has 1 heterocycles. The Morgan fingerprint density at radius 3 is 2.82 bits per heavy atom. The highest BCUT2D eigenvalue weighted by Crippen LogP contribution is 2.32. The summed E-state index contributed by atoms with van der Waals surface area (Å²) in [5.74, 6) is 0. The molecule has 0 radical (unpaired) electrons. The second-order valence-corrected chi connectivity index (χ2v) is 5.66. The van der Waals surface area contributed by atoms with Crippen LogP contribution in [0.25, 0.3) is 11.3 Å². The zero-order chi connectivity index (χ0) is 12.4. The Balaban J connectivity index is 2.49. The number of nitrogens with two attached hydrogens (primary N) is 1. The van der Waals surface area contributed by atoms with E-state index in [1.54, 1.807) is 11.3 Å². The zero-order valence-electron chi connectivity index (χ0n) is 9.96. The highest BCUT2D eigenvalue weighted by Gasteiger charge is 2.12. The summed E-state index contributed by atoms with van der Waals surface area (Å²) >= 11 is 7.85. The molecule has 2 aromatic rings. The summed E-state index contributed by atoms with van der Waals surface area (Å²) in [4.78, 5) is 5.87. The van der Waals surface area contributed by atoms with Gasteiger partial charge in [0.15, 0.2) is 0 Å². The summed E-state index contributed by atoms with van der Waals surface area (Å²) in [6.07, 6.45) is 0.838. The van der Waals surface area contributed by atoms with Gasteiger partial charge in [-0.25, -0.2) is 4.98 Å². The van der Waals surface area contributed by atoms with Gasteiger partial charge in [-0.1, -0.05) is 23.7 Å². The number of hydrogen-bond donors (Lipinski definition) is 1. The van der Waals surface area contributed by atoms with Crippen LogP contribution in [0.4, 0.5) is 0 Å². The molecule has 0 aliphatic carbocycles. The van der Waals surface area contributed by atoms with Crippen molar-refractivity contribution in [2.24, 2.45) is 5.73 Å². The van der Waals surface area contributed by atoms with E-state index in [9.17, 15) is 0 Å². The fraction of sp³-hybridized carbons (Fsp3) is 0.308. The molecule has 0 fully saturated rings. The Morgan fingerprint density at radius 2 is 2.12 bits per heavy atom. The third kappa shape index (κ3) is 2.51. The van der Waals surface area contributed by atoms with Crippen LogP contribution in [0, 0.1) is 13.8 Å². The average molecular weight is 267 g/mol. The highest BCUT2D eigenvalue weighted by atomic mass is 35.5. The molecule has 0 spiro atoms. The lowest BCUT2D eigenvalue weighted by atomic mass is 10.1. The van der Waals surface area contributed by atoms with Gasteiger partial charge in [0, 0.05) is 21.9 Å². The Hall–Kier alpha value is -0.900. The lowest BCUT2D eigenvalue weighted by Crippen LogP contribution is -2.02. The molecule has 0 aliphatic heterocycles. The van der Waals surface area contributed by atoms with Crippen molar-refractivity contribution in [1.82, 2.24) is 4.98 Å². The third-order valence-corrected chi connectivity index (χ3v) is 4.16. The van der Waals surface area contributed by atoms with Crippen LogP contribution < -0.4 is 5.73 Å². The quantitative estimate of drug-likeness (QED) is 0.922. The summed E-state index contributed by atoms with van der Waals surface area (Å²) in [7, 11) is 0. The molecule has 90 valence electrons. The van der Waals surface area contributed by atoms with Gasteiger partial charge in [-0.3, -0.25) is 0 Å². The van der Waals surface area contributed by atoms with Crippen molar-refractivity contribution in [2.45, 2.75) is 20.3 Å². The van der Waals surface area contributed by atoms with E-state index in [4.69, 9.17) is 17.3 Å². The van der Waals surface area contributed by atoms with E-state index in [1.165, 1.54) is 4.88 Å². The van der Waals surface area contributed by atoms with E-state index in [0.717, 1.165) is 33.3 Å².